The van der Waals surface area contributed by atoms with Crippen molar-refractivity contribution in [3.05, 3.63) is 68.8 Å². The van der Waals surface area contributed by atoms with Crippen LogP contribution in [0.2, 0.25) is 5.02 Å². The molecule has 6 heteroatoms. The van der Waals surface area contributed by atoms with Crippen LogP contribution in [-0.4, -0.2) is 4.98 Å². The highest BCUT2D eigenvalue weighted by molar-refractivity contribution is 7.10. The molecule has 0 bridgehead atoms. The number of nitrogens with one attached hydrogen (secondary N) is 1. The Morgan fingerprint density at radius 3 is 2.87 bits per heavy atom. The summed E-state index contributed by atoms with van der Waals surface area (Å²) < 4.78 is 5.60. The summed E-state index contributed by atoms with van der Waals surface area (Å²) in [7, 11) is 0. The summed E-state index contributed by atoms with van der Waals surface area (Å²) in [6, 6.07) is 13.5. The fraction of sp³-hybridized carbons (Fsp3) is 0.0588. The summed E-state index contributed by atoms with van der Waals surface area (Å²) in [5, 5.41) is 14.9. The zero-order valence-electron chi connectivity index (χ0n) is 12.0. The van der Waals surface area contributed by atoms with E-state index in [2.05, 4.69) is 10.3 Å². The van der Waals surface area contributed by atoms with Crippen LogP contribution in [0.25, 0.3) is 12.2 Å². The van der Waals surface area contributed by atoms with Gasteiger partial charge in [-0.25, -0.2) is 0 Å². The Balaban J connectivity index is 1.75. The van der Waals surface area contributed by atoms with Gasteiger partial charge in [0.1, 0.15) is 6.07 Å². The summed E-state index contributed by atoms with van der Waals surface area (Å²) in [4.78, 5) is 5.25. The third-order valence-corrected chi connectivity index (χ3v) is 4.29. The molecular weight excluding hydrogens is 330 g/mol. The summed E-state index contributed by atoms with van der Waals surface area (Å²) in [5.41, 5.74) is 1.15. The lowest BCUT2D eigenvalue weighted by molar-refractivity contribution is 0.557. The lowest BCUT2D eigenvalue weighted by Crippen LogP contribution is -2.00. The topological polar surface area (TPSA) is 61.9 Å². The van der Waals surface area contributed by atoms with Crippen molar-refractivity contribution in [3.63, 3.8) is 0 Å². The number of nitrogens with zero attached hydrogens (tertiary/aromatic N) is 2. The van der Waals surface area contributed by atoms with Gasteiger partial charge in [0, 0.05) is 22.5 Å². The number of rotatable bonds is 5. The summed E-state index contributed by atoms with van der Waals surface area (Å²) in [6.45, 7) is 0.456. The molecular formula is C17H12ClN3OS. The number of aromatic nitrogens is 1. The molecule has 3 aromatic rings. The second-order valence-corrected chi connectivity index (χ2v) is 6.02. The predicted octanol–water partition coefficient (Wildman–Crippen LogP) is 5.04. The lowest BCUT2D eigenvalue weighted by atomic mass is 10.2. The fourth-order valence-corrected chi connectivity index (χ4v) is 2.78. The van der Waals surface area contributed by atoms with E-state index in [1.54, 1.807) is 17.4 Å². The van der Waals surface area contributed by atoms with Crippen LogP contribution >= 0.6 is 22.9 Å². The van der Waals surface area contributed by atoms with Gasteiger partial charge >= 0.3 is 0 Å². The Hall–Kier alpha value is -2.55. The van der Waals surface area contributed by atoms with E-state index in [0.717, 1.165) is 10.4 Å². The number of hydrogen-bond acceptors (Lipinski definition) is 5. The molecule has 0 radical (unpaired) electrons. The highest BCUT2D eigenvalue weighted by atomic mass is 35.5. The molecule has 0 aliphatic heterocycles. The van der Waals surface area contributed by atoms with Crippen molar-refractivity contribution in [2.24, 2.45) is 0 Å². The average Bonchev–Trinajstić information content (AvgIpc) is 3.21. The molecule has 0 saturated carbocycles. The monoisotopic (exact) mass is 341 g/mol. The van der Waals surface area contributed by atoms with Gasteiger partial charge in [0.15, 0.2) is 0 Å². The van der Waals surface area contributed by atoms with Crippen LogP contribution in [0.3, 0.4) is 0 Å². The first-order valence-electron chi connectivity index (χ1n) is 6.86. The van der Waals surface area contributed by atoms with E-state index in [0.29, 0.717) is 23.3 Å². The van der Waals surface area contributed by atoms with Crippen LogP contribution in [0.4, 0.5) is 5.88 Å². The van der Waals surface area contributed by atoms with E-state index in [-0.39, 0.29) is 5.69 Å². The van der Waals surface area contributed by atoms with Gasteiger partial charge in [-0.3, -0.25) is 0 Å². The van der Waals surface area contributed by atoms with Crippen LogP contribution in [0.5, 0.6) is 0 Å². The number of thiophene rings is 1. The Bertz CT molecular complexity index is 862. The average molecular weight is 342 g/mol. The first-order chi connectivity index (χ1) is 11.3. The van der Waals surface area contributed by atoms with Crippen molar-refractivity contribution in [1.82, 2.24) is 4.98 Å². The molecule has 0 spiro atoms. The quantitative estimate of drug-likeness (QED) is 0.705. The van der Waals surface area contributed by atoms with Crippen LogP contribution in [0.1, 0.15) is 22.0 Å². The number of hydrogen-bond donors (Lipinski definition) is 1. The van der Waals surface area contributed by atoms with Crippen molar-refractivity contribution in [2.75, 3.05) is 5.32 Å². The van der Waals surface area contributed by atoms with Crippen LogP contribution in [0.15, 0.2) is 46.2 Å². The number of nitriles is 1. The summed E-state index contributed by atoms with van der Waals surface area (Å²) in [6.07, 6.45) is 3.64. The predicted molar refractivity (Wildman–Crippen MR) is 93.2 cm³/mol. The molecule has 23 heavy (non-hydrogen) atoms. The Labute approximate surface area is 142 Å². The first kappa shape index (κ1) is 15.3. The van der Waals surface area contributed by atoms with Crippen molar-refractivity contribution >= 4 is 41.0 Å². The zero-order valence-corrected chi connectivity index (χ0v) is 13.6. The van der Waals surface area contributed by atoms with Crippen LogP contribution in [0, 0.1) is 11.3 Å². The Kier molecular flexibility index (Phi) is 4.77. The van der Waals surface area contributed by atoms with Gasteiger partial charge in [-0.05, 0) is 29.2 Å². The second kappa shape index (κ2) is 7.14. The van der Waals surface area contributed by atoms with E-state index in [1.165, 1.54) is 0 Å². The van der Waals surface area contributed by atoms with Crippen LogP contribution < -0.4 is 5.32 Å². The summed E-state index contributed by atoms with van der Waals surface area (Å²) >= 11 is 7.73. The minimum atomic E-state index is 0.225. The van der Waals surface area contributed by atoms with E-state index in [1.807, 2.05) is 53.9 Å². The minimum absolute atomic E-state index is 0.225. The maximum atomic E-state index is 9.18. The molecule has 0 atom stereocenters. The van der Waals surface area contributed by atoms with Gasteiger partial charge in [-0.15, -0.1) is 11.3 Å². The molecule has 0 fully saturated rings. The SMILES string of the molecule is N#Cc1nc(/C=C/c2cccs2)oc1NCc1ccccc1Cl. The summed E-state index contributed by atoms with van der Waals surface area (Å²) in [5.74, 6) is 0.731. The first-order valence-corrected chi connectivity index (χ1v) is 8.12. The van der Waals surface area contributed by atoms with Gasteiger partial charge in [0.2, 0.25) is 17.5 Å². The minimum Gasteiger partial charge on any atom is -0.420 e. The maximum absolute atomic E-state index is 9.18. The van der Waals surface area contributed by atoms with E-state index in [9.17, 15) is 5.26 Å². The van der Waals surface area contributed by atoms with Gasteiger partial charge < -0.3 is 9.73 Å². The number of anilines is 1. The molecule has 4 nitrogen and oxygen atoms in total. The highest BCUT2D eigenvalue weighted by Gasteiger charge is 2.11. The molecule has 0 saturated heterocycles. The van der Waals surface area contributed by atoms with Gasteiger partial charge in [0.25, 0.3) is 0 Å². The maximum Gasteiger partial charge on any atom is 0.232 e. The Morgan fingerprint density at radius 2 is 2.13 bits per heavy atom. The van der Waals surface area contributed by atoms with E-state index >= 15 is 0 Å². The van der Waals surface area contributed by atoms with Crippen molar-refractivity contribution in [2.45, 2.75) is 6.54 Å². The highest BCUT2D eigenvalue weighted by Crippen LogP contribution is 2.22. The van der Waals surface area contributed by atoms with E-state index < -0.39 is 0 Å². The molecule has 2 heterocycles. The van der Waals surface area contributed by atoms with Crippen molar-refractivity contribution < 1.29 is 4.42 Å². The molecule has 0 amide bonds. The standard InChI is InChI=1S/C17H12ClN3OS/c18-14-6-2-1-4-12(14)11-20-17-15(10-19)21-16(22-17)8-7-13-5-3-9-23-13/h1-9,20H,11H2/b8-7+. The lowest BCUT2D eigenvalue weighted by Gasteiger charge is -2.04. The van der Waals surface area contributed by atoms with Gasteiger partial charge in [-0.1, -0.05) is 35.9 Å². The Morgan fingerprint density at radius 1 is 1.26 bits per heavy atom. The van der Waals surface area contributed by atoms with E-state index in [4.69, 9.17) is 16.0 Å². The third kappa shape index (κ3) is 3.81. The normalized spacial score (nSPS) is 10.8. The molecule has 1 N–H and O–H groups in total. The molecule has 0 unspecified atom stereocenters. The smallest absolute Gasteiger partial charge is 0.232 e. The molecule has 0 aliphatic rings. The number of halogens is 1. The van der Waals surface area contributed by atoms with Gasteiger partial charge in [-0.2, -0.15) is 10.2 Å². The van der Waals surface area contributed by atoms with Crippen LogP contribution in [-0.2, 0) is 6.54 Å². The molecule has 2 aromatic heterocycles. The third-order valence-electron chi connectivity index (χ3n) is 3.08. The molecule has 1 aromatic carbocycles. The zero-order chi connectivity index (χ0) is 16.1. The molecule has 114 valence electrons. The second-order valence-electron chi connectivity index (χ2n) is 4.64. The number of oxazole rings is 1. The molecule has 3 rings (SSSR count). The van der Waals surface area contributed by atoms with Crippen molar-refractivity contribution in [1.29, 1.82) is 5.26 Å². The molecule has 0 aliphatic carbocycles. The van der Waals surface area contributed by atoms with Gasteiger partial charge in [0.05, 0.1) is 0 Å². The largest absolute Gasteiger partial charge is 0.420 e. The van der Waals surface area contributed by atoms with Crippen molar-refractivity contribution in [3.8, 4) is 6.07 Å². The number of benzene rings is 1. The fourth-order valence-electron chi connectivity index (χ4n) is 1.96.